The van der Waals surface area contributed by atoms with Crippen molar-refractivity contribution in [3.8, 4) is 0 Å². The van der Waals surface area contributed by atoms with Gasteiger partial charge in [-0.2, -0.15) is 11.8 Å². The Morgan fingerprint density at radius 2 is 2.06 bits per heavy atom. The third-order valence-electron chi connectivity index (χ3n) is 4.70. The van der Waals surface area contributed by atoms with E-state index in [1.165, 1.54) is 37.9 Å². The van der Waals surface area contributed by atoms with Gasteiger partial charge in [-0.3, -0.25) is 4.79 Å². The summed E-state index contributed by atoms with van der Waals surface area (Å²) in [7, 11) is 1.87. The number of nitrogens with one attached hydrogen (secondary N) is 1. The maximum absolute atomic E-state index is 11.7. The molecule has 0 bridgehead atoms. The van der Waals surface area contributed by atoms with Crippen molar-refractivity contribution in [3.63, 3.8) is 0 Å². The quantitative estimate of drug-likeness (QED) is 0.806. The van der Waals surface area contributed by atoms with E-state index < -0.39 is 5.54 Å². The Bertz CT molecular complexity index is 292. The predicted octanol–water partition coefficient (Wildman–Crippen LogP) is 2.30. The van der Waals surface area contributed by atoms with Crippen LogP contribution in [0.4, 0.5) is 0 Å². The van der Waals surface area contributed by atoms with Gasteiger partial charge in [0.25, 0.3) is 0 Å². The van der Waals surface area contributed by atoms with E-state index >= 15 is 0 Å². The van der Waals surface area contributed by atoms with Gasteiger partial charge in [-0.05, 0) is 57.2 Å². The zero-order chi connectivity index (χ0) is 13.0. The molecule has 2 saturated carbocycles. The Morgan fingerprint density at radius 1 is 1.33 bits per heavy atom. The van der Waals surface area contributed by atoms with E-state index in [2.05, 4.69) is 17.1 Å². The van der Waals surface area contributed by atoms with Crippen molar-refractivity contribution in [3.05, 3.63) is 0 Å². The van der Waals surface area contributed by atoms with Crippen molar-refractivity contribution in [1.29, 1.82) is 0 Å². The summed E-state index contributed by atoms with van der Waals surface area (Å²) >= 11 is 2.08. The van der Waals surface area contributed by atoms with Crippen molar-refractivity contribution in [1.82, 2.24) is 5.32 Å². The molecule has 2 atom stereocenters. The van der Waals surface area contributed by atoms with Gasteiger partial charge in [0.05, 0.1) is 5.54 Å². The van der Waals surface area contributed by atoms with Crippen LogP contribution in [0.1, 0.15) is 51.4 Å². The third kappa shape index (κ3) is 3.21. The second-order valence-electron chi connectivity index (χ2n) is 5.90. The summed E-state index contributed by atoms with van der Waals surface area (Å²) in [6.45, 7) is 0. The number of carbonyl (C=O) groups excluding carboxylic acids is 1. The summed E-state index contributed by atoms with van der Waals surface area (Å²) < 4.78 is 0. The average Bonchev–Trinajstić information content (AvgIpc) is 2.89. The fourth-order valence-electron chi connectivity index (χ4n) is 3.39. The van der Waals surface area contributed by atoms with Crippen LogP contribution in [0.2, 0.25) is 0 Å². The summed E-state index contributed by atoms with van der Waals surface area (Å²) in [4.78, 5) is 11.7. The molecule has 2 aliphatic rings. The molecule has 3 nitrogen and oxygen atoms in total. The van der Waals surface area contributed by atoms with Gasteiger partial charge < -0.3 is 11.1 Å². The largest absolute Gasteiger partial charge is 0.368 e. The molecule has 0 aromatic carbocycles. The molecule has 0 saturated heterocycles. The Hall–Kier alpha value is -0.220. The maximum Gasteiger partial charge on any atom is 0.237 e. The van der Waals surface area contributed by atoms with Crippen molar-refractivity contribution < 1.29 is 4.79 Å². The molecule has 0 aliphatic heterocycles. The Kier molecular flexibility index (Phi) is 4.96. The second kappa shape index (κ2) is 6.29. The number of hydrogen-bond donors (Lipinski definition) is 2. The molecule has 2 unspecified atom stereocenters. The predicted molar refractivity (Wildman–Crippen MR) is 77.7 cm³/mol. The summed E-state index contributed by atoms with van der Waals surface area (Å²) in [5.74, 6) is 2.04. The zero-order valence-electron chi connectivity index (χ0n) is 11.4. The lowest BCUT2D eigenvalue weighted by Gasteiger charge is -2.38. The normalized spacial score (nSPS) is 33.7. The van der Waals surface area contributed by atoms with E-state index in [1.807, 2.05) is 7.05 Å². The van der Waals surface area contributed by atoms with Crippen molar-refractivity contribution in [2.45, 2.75) is 62.2 Å². The Labute approximate surface area is 115 Å². The number of rotatable bonds is 5. The van der Waals surface area contributed by atoms with Gasteiger partial charge in [-0.15, -0.1) is 0 Å². The van der Waals surface area contributed by atoms with Crippen LogP contribution >= 0.6 is 11.8 Å². The van der Waals surface area contributed by atoms with Crippen LogP contribution in [-0.2, 0) is 4.79 Å². The van der Waals surface area contributed by atoms with E-state index in [0.29, 0.717) is 5.25 Å². The van der Waals surface area contributed by atoms with Gasteiger partial charge in [0.1, 0.15) is 0 Å². The topological polar surface area (TPSA) is 55.1 Å². The molecular formula is C14H26N2OS. The highest BCUT2D eigenvalue weighted by Crippen LogP contribution is 2.37. The maximum atomic E-state index is 11.7. The molecule has 4 heteroatoms. The summed E-state index contributed by atoms with van der Waals surface area (Å²) in [5, 5.41) is 3.80. The van der Waals surface area contributed by atoms with Crippen molar-refractivity contribution >= 4 is 17.7 Å². The van der Waals surface area contributed by atoms with Crippen LogP contribution in [0.25, 0.3) is 0 Å². The smallest absolute Gasteiger partial charge is 0.237 e. The van der Waals surface area contributed by atoms with E-state index in [9.17, 15) is 4.79 Å². The molecular weight excluding hydrogens is 244 g/mol. The van der Waals surface area contributed by atoms with Crippen molar-refractivity contribution in [2.24, 2.45) is 11.7 Å². The van der Waals surface area contributed by atoms with Gasteiger partial charge in [0, 0.05) is 5.25 Å². The molecule has 0 radical (unpaired) electrons. The first-order valence-electron chi connectivity index (χ1n) is 7.27. The Morgan fingerprint density at radius 3 is 2.67 bits per heavy atom. The number of likely N-dealkylation sites (N-methyl/N-ethyl adjacent to an activating group) is 1. The summed E-state index contributed by atoms with van der Waals surface area (Å²) in [5.41, 5.74) is 5.14. The number of hydrogen-bond acceptors (Lipinski definition) is 3. The SMILES string of the molecule is CNC1(C(N)=O)CCCC(SCC2CCCC2)C1. The summed E-state index contributed by atoms with van der Waals surface area (Å²) in [6.07, 6.45) is 9.82. The first-order chi connectivity index (χ1) is 8.66. The van der Waals surface area contributed by atoms with Crippen LogP contribution in [0.15, 0.2) is 0 Å². The minimum atomic E-state index is -0.439. The average molecular weight is 270 g/mol. The lowest BCUT2D eigenvalue weighted by molar-refractivity contribution is -0.125. The first kappa shape index (κ1) is 14.2. The minimum Gasteiger partial charge on any atom is -0.368 e. The number of thioether (sulfide) groups is 1. The zero-order valence-corrected chi connectivity index (χ0v) is 12.2. The molecule has 0 aromatic rings. The standard InChI is InChI=1S/C14H26N2OS/c1-16-14(13(15)17)8-4-7-12(9-14)18-10-11-5-2-3-6-11/h11-12,16H,2-10H2,1H3,(H2,15,17). The van der Waals surface area contributed by atoms with Crippen LogP contribution in [0.3, 0.4) is 0 Å². The van der Waals surface area contributed by atoms with Gasteiger partial charge in [-0.25, -0.2) is 0 Å². The highest BCUT2D eigenvalue weighted by molar-refractivity contribution is 7.99. The first-order valence-corrected chi connectivity index (χ1v) is 8.31. The monoisotopic (exact) mass is 270 g/mol. The lowest BCUT2D eigenvalue weighted by Crippen LogP contribution is -2.57. The van der Waals surface area contributed by atoms with Crippen LogP contribution < -0.4 is 11.1 Å². The highest BCUT2D eigenvalue weighted by Gasteiger charge is 2.40. The third-order valence-corrected chi connectivity index (χ3v) is 6.24. The van der Waals surface area contributed by atoms with Crippen molar-refractivity contribution in [2.75, 3.05) is 12.8 Å². The number of amides is 1. The van der Waals surface area contributed by atoms with E-state index in [1.54, 1.807) is 0 Å². The van der Waals surface area contributed by atoms with Crippen LogP contribution in [0.5, 0.6) is 0 Å². The minimum absolute atomic E-state index is 0.170. The summed E-state index contributed by atoms with van der Waals surface area (Å²) in [6, 6.07) is 0. The molecule has 2 fully saturated rings. The second-order valence-corrected chi connectivity index (χ2v) is 7.23. The van der Waals surface area contributed by atoms with E-state index in [0.717, 1.165) is 25.2 Å². The molecule has 1 amide bonds. The van der Waals surface area contributed by atoms with E-state index in [-0.39, 0.29) is 5.91 Å². The lowest BCUT2D eigenvalue weighted by atomic mass is 9.81. The molecule has 0 heterocycles. The van der Waals surface area contributed by atoms with Crippen LogP contribution in [-0.4, -0.2) is 29.5 Å². The molecule has 18 heavy (non-hydrogen) atoms. The van der Waals surface area contributed by atoms with Gasteiger partial charge in [0.15, 0.2) is 0 Å². The number of nitrogens with two attached hydrogens (primary N) is 1. The molecule has 2 rings (SSSR count). The molecule has 3 N–H and O–H groups in total. The fourth-order valence-corrected chi connectivity index (χ4v) is 5.00. The fraction of sp³-hybridized carbons (Fsp3) is 0.929. The van der Waals surface area contributed by atoms with Gasteiger partial charge in [0.2, 0.25) is 5.91 Å². The van der Waals surface area contributed by atoms with Gasteiger partial charge >= 0.3 is 0 Å². The number of primary amides is 1. The molecule has 0 aromatic heterocycles. The highest BCUT2D eigenvalue weighted by atomic mass is 32.2. The number of carbonyl (C=O) groups is 1. The van der Waals surface area contributed by atoms with E-state index in [4.69, 9.17) is 5.73 Å². The molecule has 104 valence electrons. The molecule has 2 aliphatic carbocycles. The van der Waals surface area contributed by atoms with Gasteiger partial charge in [-0.1, -0.05) is 12.8 Å². The Balaban J connectivity index is 1.83. The molecule has 0 spiro atoms. The van der Waals surface area contributed by atoms with Crippen LogP contribution in [0, 0.1) is 5.92 Å².